The third kappa shape index (κ3) is 1.94. The summed E-state index contributed by atoms with van der Waals surface area (Å²) in [5.74, 6) is 0.434. The molecule has 1 N–H and O–H groups in total. The second-order valence-corrected chi connectivity index (χ2v) is 6.25. The molecule has 4 rings (SSSR count). The molecule has 2 heterocycles. The SMILES string of the molecule is CCO[C@H]1C[C@H](NC(=O)c2cn3cccnc3n2)C12CCC2. The zero-order valence-corrected chi connectivity index (χ0v) is 12.7. The number of rotatable bonds is 4. The Labute approximate surface area is 128 Å². The molecule has 0 aromatic carbocycles. The van der Waals surface area contributed by atoms with Crippen molar-refractivity contribution in [1.82, 2.24) is 19.7 Å². The van der Waals surface area contributed by atoms with E-state index >= 15 is 0 Å². The summed E-state index contributed by atoms with van der Waals surface area (Å²) in [7, 11) is 0. The van der Waals surface area contributed by atoms with Gasteiger partial charge in [-0.05, 0) is 32.3 Å². The first-order chi connectivity index (χ1) is 10.7. The number of hydrogen-bond donors (Lipinski definition) is 1. The molecule has 2 fully saturated rings. The van der Waals surface area contributed by atoms with Crippen LogP contribution in [0.15, 0.2) is 24.7 Å². The van der Waals surface area contributed by atoms with Crippen molar-refractivity contribution < 1.29 is 9.53 Å². The van der Waals surface area contributed by atoms with E-state index in [1.54, 1.807) is 16.8 Å². The van der Waals surface area contributed by atoms with Crippen LogP contribution in [0.4, 0.5) is 0 Å². The molecule has 6 heteroatoms. The highest BCUT2D eigenvalue weighted by atomic mass is 16.5. The van der Waals surface area contributed by atoms with Gasteiger partial charge in [-0.2, -0.15) is 0 Å². The highest BCUT2D eigenvalue weighted by molar-refractivity contribution is 5.93. The maximum absolute atomic E-state index is 12.5. The molecule has 0 radical (unpaired) electrons. The zero-order chi connectivity index (χ0) is 15.2. The van der Waals surface area contributed by atoms with Gasteiger partial charge in [-0.1, -0.05) is 6.42 Å². The van der Waals surface area contributed by atoms with Crippen LogP contribution in [0.25, 0.3) is 5.78 Å². The summed E-state index contributed by atoms with van der Waals surface area (Å²) < 4.78 is 7.58. The van der Waals surface area contributed by atoms with Crippen molar-refractivity contribution in [3.63, 3.8) is 0 Å². The minimum atomic E-state index is -0.114. The summed E-state index contributed by atoms with van der Waals surface area (Å²) in [6.07, 6.45) is 9.98. The van der Waals surface area contributed by atoms with Gasteiger partial charge in [-0.3, -0.25) is 9.20 Å². The Hall–Kier alpha value is -1.95. The average Bonchev–Trinajstić information content (AvgIpc) is 2.88. The van der Waals surface area contributed by atoms with E-state index in [4.69, 9.17) is 4.74 Å². The van der Waals surface area contributed by atoms with E-state index in [0.29, 0.717) is 17.6 Å². The number of carbonyl (C=O) groups excluding carboxylic acids is 1. The van der Waals surface area contributed by atoms with Gasteiger partial charge in [0.2, 0.25) is 5.78 Å². The van der Waals surface area contributed by atoms with Gasteiger partial charge in [-0.25, -0.2) is 9.97 Å². The first kappa shape index (κ1) is 13.7. The number of fused-ring (bicyclic) bond motifs is 1. The van der Waals surface area contributed by atoms with Crippen molar-refractivity contribution in [2.75, 3.05) is 6.61 Å². The number of hydrogen-bond acceptors (Lipinski definition) is 4. The van der Waals surface area contributed by atoms with Crippen LogP contribution in [0.3, 0.4) is 0 Å². The number of aromatic nitrogens is 3. The van der Waals surface area contributed by atoms with Crippen molar-refractivity contribution in [2.45, 2.75) is 44.8 Å². The molecule has 0 bridgehead atoms. The molecule has 0 saturated heterocycles. The number of amides is 1. The van der Waals surface area contributed by atoms with Crippen molar-refractivity contribution >= 4 is 11.7 Å². The van der Waals surface area contributed by atoms with Gasteiger partial charge < -0.3 is 10.1 Å². The molecule has 2 aromatic heterocycles. The zero-order valence-electron chi connectivity index (χ0n) is 12.7. The molecule has 6 nitrogen and oxygen atoms in total. The van der Waals surface area contributed by atoms with Crippen molar-refractivity contribution in [1.29, 1.82) is 0 Å². The number of nitrogens with zero attached hydrogens (tertiary/aromatic N) is 3. The predicted molar refractivity (Wildman–Crippen MR) is 80.6 cm³/mol. The first-order valence-corrected chi connectivity index (χ1v) is 7.95. The molecule has 1 spiro atoms. The van der Waals surface area contributed by atoms with Crippen LogP contribution < -0.4 is 5.32 Å². The lowest BCUT2D eigenvalue weighted by molar-refractivity contribution is -0.169. The summed E-state index contributed by atoms with van der Waals surface area (Å²) in [5.41, 5.74) is 0.594. The summed E-state index contributed by atoms with van der Waals surface area (Å²) in [6, 6.07) is 2.03. The molecular formula is C16H20N4O2. The fourth-order valence-corrected chi connectivity index (χ4v) is 3.81. The molecule has 22 heavy (non-hydrogen) atoms. The van der Waals surface area contributed by atoms with E-state index in [9.17, 15) is 4.79 Å². The fourth-order valence-electron chi connectivity index (χ4n) is 3.81. The Morgan fingerprint density at radius 3 is 3.09 bits per heavy atom. The summed E-state index contributed by atoms with van der Waals surface area (Å²) in [6.45, 7) is 2.77. The van der Waals surface area contributed by atoms with E-state index < -0.39 is 0 Å². The summed E-state index contributed by atoms with van der Waals surface area (Å²) in [4.78, 5) is 20.9. The van der Waals surface area contributed by atoms with E-state index in [-0.39, 0.29) is 17.4 Å². The Morgan fingerprint density at radius 1 is 1.55 bits per heavy atom. The van der Waals surface area contributed by atoms with Crippen LogP contribution in [-0.4, -0.2) is 39.0 Å². The lowest BCUT2D eigenvalue weighted by atomic mass is 9.51. The molecule has 1 amide bonds. The van der Waals surface area contributed by atoms with Crippen molar-refractivity contribution in [3.8, 4) is 0 Å². The highest BCUT2D eigenvalue weighted by Crippen LogP contribution is 2.57. The van der Waals surface area contributed by atoms with Gasteiger partial charge in [0.1, 0.15) is 5.69 Å². The molecule has 2 aromatic rings. The van der Waals surface area contributed by atoms with Gasteiger partial charge in [0.05, 0.1) is 6.10 Å². The molecule has 0 unspecified atom stereocenters. The van der Waals surface area contributed by atoms with Crippen LogP contribution in [0.1, 0.15) is 43.1 Å². The third-order valence-electron chi connectivity index (χ3n) is 5.21. The van der Waals surface area contributed by atoms with Gasteiger partial charge in [0.25, 0.3) is 5.91 Å². The molecule has 116 valence electrons. The molecule has 2 aliphatic carbocycles. The molecule has 2 atom stereocenters. The van der Waals surface area contributed by atoms with E-state index in [2.05, 4.69) is 15.3 Å². The number of nitrogens with one attached hydrogen (secondary N) is 1. The van der Waals surface area contributed by atoms with E-state index in [0.717, 1.165) is 25.9 Å². The Balaban J connectivity index is 1.48. The number of carbonyl (C=O) groups is 1. The minimum absolute atomic E-state index is 0.114. The lowest BCUT2D eigenvalue weighted by Gasteiger charge is -2.60. The molecule has 2 saturated carbocycles. The maximum atomic E-state index is 12.5. The van der Waals surface area contributed by atoms with Gasteiger partial charge in [0, 0.05) is 36.7 Å². The molecular weight excluding hydrogens is 280 g/mol. The Morgan fingerprint density at radius 2 is 2.41 bits per heavy atom. The van der Waals surface area contributed by atoms with Gasteiger partial charge in [0.15, 0.2) is 0 Å². The number of imidazole rings is 1. The summed E-state index contributed by atoms with van der Waals surface area (Å²) >= 11 is 0. The predicted octanol–water partition coefficient (Wildman–Crippen LogP) is 1.81. The quantitative estimate of drug-likeness (QED) is 0.935. The van der Waals surface area contributed by atoms with Crippen LogP contribution in [-0.2, 0) is 4.74 Å². The van der Waals surface area contributed by atoms with Crippen LogP contribution in [0, 0.1) is 5.41 Å². The smallest absolute Gasteiger partial charge is 0.271 e. The van der Waals surface area contributed by atoms with Crippen LogP contribution in [0.5, 0.6) is 0 Å². The Bertz CT molecular complexity index is 674. The monoisotopic (exact) mass is 300 g/mol. The normalized spacial score (nSPS) is 25.7. The van der Waals surface area contributed by atoms with Crippen molar-refractivity contribution in [2.24, 2.45) is 5.41 Å². The van der Waals surface area contributed by atoms with Gasteiger partial charge in [-0.15, -0.1) is 0 Å². The van der Waals surface area contributed by atoms with Crippen LogP contribution in [0.2, 0.25) is 0 Å². The highest BCUT2D eigenvalue weighted by Gasteiger charge is 2.59. The first-order valence-electron chi connectivity index (χ1n) is 7.95. The molecule has 0 aliphatic heterocycles. The van der Waals surface area contributed by atoms with Crippen LogP contribution >= 0.6 is 0 Å². The van der Waals surface area contributed by atoms with E-state index in [1.165, 1.54) is 6.42 Å². The second-order valence-electron chi connectivity index (χ2n) is 6.25. The standard InChI is InChI=1S/C16H20N4O2/c1-2-22-13-9-12(16(13)5-3-6-16)19-14(21)11-10-20-8-4-7-17-15(20)18-11/h4,7-8,10,12-13H,2-3,5-6,9H2,1H3,(H,19,21)/t12-,13-/m0/s1. The average molecular weight is 300 g/mol. The largest absolute Gasteiger partial charge is 0.378 e. The Kier molecular flexibility index (Phi) is 3.14. The number of ether oxygens (including phenoxy) is 1. The fraction of sp³-hybridized carbons (Fsp3) is 0.562. The maximum Gasteiger partial charge on any atom is 0.271 e. The van der Waals surface area contributed by atoms with Gasteiger partial charge >= 0.3 is 0 Å². The second kappa shape index (κ2) is 5.05. The lowest BCUT2D eigenvalue weighted by Crippen LogP contribution is -2.67. The minimum Gasteiger partial charge on any atom is -0.378 e. The summed E-state index contributed by atoms with van der Waals surface area (Å²) in [5, 5.41) is 3.15. The van der Waals surface area contributed by atoms with E-state index in [1.807, 2.05) is 19.2 Å². The third-order valence-corrected chi connectivity index (χ3v) is 5.21. The topological polar surface area (TPSA) is 68.5 Å². The van der Waals surface area contributed by atoms with Crippen molar-refractivity contribution in [3.05, 3.63) is 30.4 Å². The molecule has 2 aliphatic rings.